The SMILES string of the molecule is CCOc1ccc(OCC)c(NC(N)=NCC2CCN(CC(F)(F)F)C2)c1. The highest BCUT2D eigenvalue weighted by atomic mass is 19.4. The highest BCUT2D eigenvalue weighted by Gasteiger charge is 2.34. The van der Waals surface area contributed by atoms with Gasteiger partial charge in [-0.3, -0.25) is 9.89 Å². The van der Waals surface area contributed by atoms with E-state index in [1.165, 1.54) is 4.90 Å². The molecule has 6 nitrogen and oxygen atoms in total. The van der Waals surface area contributed by atoms with E-state index in [0.717, 1.165) is 0 Å². The number of likely N-dealkylation sites (tertiary alicyclic amines) is 1. The molecule has 1 aromatic carbocycles. The van der Waals surface area contributed by atoms with Crippen molar-refractivity contribution in [3.63, 3.8) is 0 Å². The van der Waals surface area contributed by atoms with E-state index in [4.69, 9.17) is 15.2 Å². The Kier molecular flexibility index (Phi) is 7.58. The predicted molar refractivity (Wildman–Crippen MR) is 99.5 cm³/mol. The first-order valence-electron chi connectivity index (χ1n) is 9.06. The number of benzene rings is 1. The van der Waals surface area contributed by atoms with Crippen molar-refractivity contribution in [3.05, 3.63) is 18.2 Å². The maximum Gasteiger partial charge on any atom is 0.401 e. The maximum absolute atomic E-state index is 12.5. The second-order valence-corrected chi connectivity index (χ2v) is 6.38. The molecule has 9 heteroatoms. The average Bonchev–Trinajstić information content (AvgIpc) is 3.01. The van der Waals surface area contributed by atoms with E-state index < -0.39 is 12.7 Å². The molecule has 0 radical (unpaired) electrons. The van der Waals surface area contributed by atoms with Gasteiger partial charge in [-0.2, -0.15) is 13.2 Å². The number of nitrogens with two attached hydrogens (primary N) is 1. The molecule has 152 valence electrons. The molecule has 1 saturated heterocycles. The summed E-state index contributed by atoms with van der Waals surface area (Å²) in [4.78, 5) is 5.69. The number of hydrogen-bond acceptors (Lipinski definition) is 4. The van der Waals surface area contributed by atoms with E-state index >= 15 is 0 Å². The van der Waals surface area contributed by atoms with Gasteiger partial charge in [-0.05, 0) is 44.9 Å². The molecule has 0 saturated carbocycles. The molecular formula is C18H27F3N4O2. The lowest BCUT2D eigenvalue weighted by molar-refractivity contribution is -0.143. The molecule has 1 aromatic rings. The van der Waals surface area contributed by atoms with Gasteiger partial charge in [0.05, 0.1) is 25.4 Å². The second kappa shape index (κ2) is 9.68. The summed E-state index contributed by atoms with van der Waals surface area (Å²) in [5, 5.41) is 3.00. The van der Waals surface area contributed by atoms with Crippen LogP contribution in [0.4, 0.5) is 18.9 Å². The highest BCUT2D eigenvalue weighted by Crippen LogP contribution is 2.29. The summed E-state index contributed by atoms with van der Waals surface area (Å²) in [6.45, 7) is 5.11. The third-order valence-electron chi connectivity index (χ3n) is 4.12. The van der Waals surface area contributed by atoms with Crippen molar-refractivity contribution in [3.8, 4) is 11.5 Å². The van der Waals surface area contributed by atoms with Gasteiger partial charge in [0.1, 0.15) is 11.5 Å². The highest BCUT2D eigenvalue weighted by molar-refractivity contribution is 5.94. The van der Waals surface area contributed by atoms with Crippen LogP contribution in [-0.4, -0.2) is 56.4 Å². The summed E-state index contributed by atoms with van der Waals surface area (Å²) in [5.74, 6) is 1.55. The monoisotopic (exact) mass is 388 g/mol. The summed E-state index contributed by atoms with van der Waals surface area (Å²) in [6, 6.07) is 5.37. The molecule has 0 aromatic heterocycles. The van der Waals surface area contributed by atoms with Crippen LogP contribution in [0.1, 0.15) is 20.3 Å². The van der Waals surface area contributed by atoms with Crippen molar-refractivity contribution in [2.24, 2.45) is 16.6 Å². The van der Waals surface area contributed by atoms with E-state index in [9.17, 15) is 13.2 Å². The summed E-state index contributed by atoms with van der Waals surface area (Å²) in [7, 11) is 0. The zero-order chi connectivity index (χ0) is 19.9. The molecule has 2 rings (SSSR count). The smallest absolute Gasteiger partial charge is 0.401 e. The third kappa shape index (κ3) is 7.16. The van der Waals surface area contributed by atoms with Gasteiger partial charge < -0.3 is 20.5 Å². The molecule has 1 heterocycles. The molecule has 3 N–H and O–H groups in total. The van der Waals surface area contributed by atoms with E-state index in [2.05, 4.69) is 10.3 Å². The van der Waals surface area contributed by atoms with Crippen molar-refractivity contribution in [2.45, 2.75) is 26.4 Å². The fraction of sp³-hybridized carbons (Fsp3) is 0.611. The van der Waals surface area contributed by atoms with Crippen LogP contribution in [-0.2, 0) is 0 Å². The van der Waals surface area contributed by atoms with E-state index in [1.807, 2.05) is 13.8 Å². The Hall–Kier alpha value is -2.16. The first-order chi connectivity index (χ1) is 12.8. The van der Waals surface area contributed by atoms with Gasteiger partial charge in [0.2, 0.25) is 0 Å². The lowest BCUT2D eigenvalue weighted by Crippen LogP contribution is -2.32. The topological polar surface area (TPSA) is 72.1 Å². The lowest BCUT2D eigenvalue weighted by atomic mass is 10.1. The first kappa shape index (κ1) is 21.1. The average molecular weight is 388 g/mol. The molecule has 1 atom stereocenters. The van der Waals surface area contributed by atoms with E-state index in [-0.39, 0.29) is 11.9 Å². The van der Waals surface area contributed by atoms with Crippen molar-refractivity contribution in [1.29, 1.82) is 0 Å². The summed E-state index contributed by atoms with van der Waals surface area (Å²) < 4.78 is 48.4. The molecule has 27 heavy (non-hydrogen) atoms. The van der Waals surface area contributed by atoms with Crippen LogP contribution >= 0.6 is 0 Å². The summed E-state index contributed by atoms with van der Waals surface area (Å²) in [6.07, 6.45) is -3.49. The van der Waals surface area contributed by atoms with Gasteiger partial charge >= 0.3 is 6.18 Å². The normalized spacial score (nSPS) is 18.6. The van der Waals surface area contributed by atoms with Crippen LogP contribution < -0.4 is 20.5 Å². The van der Waals surface area contributed by atoms with Gasteiger partial charge in [-0.1, -0.05) is 0 Å². The fourth-order valence-corrected chi connectivity index (χ4v) is 3.01. The Labute approximate surface area is 157 Å². The molecule has 1 aliphatic rings. The number of nitrogens with zero attached hydrogens (tertiary/aromatic N) is 2. The van der Waals surface area contributed by atoms with Gasteiger partial charge in [-0.15, -0.1) is 0 Å². The fourth-order valence-electron chi connectivity index (χ4n) is 3.01. The number of aliphatic imine (C=N–C) groups is 1. The number of guanidine groups is 1. The van der Waals surface area contributed by atoms with E-state index in [1.54, 1.807) is 18.2 Å². The van der Waals surface area contributed by atoms with Crippen LogP contribution in [0.15, 0.2) is 23.2 Å². The predicted octanol–water partition coefficient (Wildman–Crippen LogP) is 3.09. The van der Waals surface area contributed by atoms with Crippen LogP contribution in [0.25, 0.3) is 0 Å². The van der Waals surface area contributed by atoms with Gasteiger partial charge in [-0.25, -0.2) is 0 Å². The number of nitrogens with one attached hydrogen (secondary N) is 1. The minimum Gasteiger partial charge on any atom is -0.494 e. The first-order valence-corrected chi connectivity index (χ1v) is 9.06. The van der Waals surface area contributed by atoms with Crippen molar-refractivity contribution >= 4 is 11.6 Å². The van der Waals surface area contributed by atoms with Crippen LogP contribution in [0.5, 0.6) is 11.5 Å². The number of ether oxygens (including phenoxy) is 2. The Bertz CT molecular complexity index is 638. The zero-order valence-electron chi connectivity index (χ0n) is 15.7. The number of hydrogen-bond donors (Lipinski definition) is 2. The standard InChI is InChI=1S/C18H27F3N4O2/c1-3-26-14-5-6-16(27-4-2)15(9-14)24-17(22)23-10-13-7-8-25(11-13)12-18(19,20)21/h5-6,9,13H,3-4,7-8,10-12H2,1-2H3,(H3,22,23,24). The maximum atomic E-state index is 12.5. The molecule has 0 spiro atoms. The Morgan fingerprint density at radius 1 is 1.30 bits per heavy atom. The number of alkyl halides is 3. The van der Waals surface area contributed by atoms with Crippen molar-refractivity contribution in [2.75, 3.05) is 44.7 Å². The molecular weight excluding hydrogens is 361 g/mol. The molecule has 1 aliphatic heterocycles. The van der Waals surface area contributed by atoms with Crippen LogP contribution in [0, 0.1) is 5.92 Å². The largest absolute Gasteiger partial charge is 0.494 e. The van der Waals surface area contributed by atoms with Gasteiger partial charge in [0.25, 0.3) is 0 Å². The Morgan fingerprint density at radius 3 is 2.70 bits per heavy atom. The number of halogens is 3. The number of anilines is 1. The molecule has 1 unspecified atom stereocenters. The number of rotatable bonds is 8. The molecule has 0 amide bonds. The molecule has 1 fully saturated rings. The zero-order valence-corrected chi connectivity index (χ0v) is 15.7. The van der Waals surface area contributed by atoms with Gasteiger partial charge in [0.15, 0.2) is 5.96 Å². The Morgan fingerprint density at radius 2 is 2.04 bits per heavy atom. The van der Waals surface area contributed by atoms with Crippen molar-refractivity contribution in [1.82, 2.24) is 4.90 Å². The lowest BCUT2D eigenvalue weighted by Gasteiger charge is -2.17. The summed E-state index contributed by atoms with van der Waals surface area (Å²) >= 11 is 0. The second-order valence-electron chi connectivity index (χ2n) is 6.38. The van der Waals surface area contributed by atoms with Crippen LogP contribution in [0.3, 0.4) is 0 Å². The minimum absolute atomic E-state index is 0.0637. The third-order valence-corrected chi connectivity index (χ3v) is 4.12. The Balaban J connectivity index is 1.94. The van der Waals surface area contributed by atoms with Crippen LogP contribution in [0.2, 0.25) is 0 Å². The molecule has 0 aliphatic carbocycles. The minimum atomic E-state index is -4.17. The molecule has 0 bridgehead atoms. The van der Waals surface area contributed by atoms with Gasteiger partial charge in [0, 0.05) is 19.2 Å². The van der Waals surface area contributed by atoms with Crippen molar-refractivity contribution < 1.29 is 22.6 Å². The quantitative estimate of drug-likeness (QED) is 0.529. The van der Waals surface area contributed by atoms with E-state index in [0.29, 0.717) is 56.5 Å². The summed E-state index contributed by atoms with van der Waals surface area (Å²) in [5.41, 5.74) is 6.59.